The van der Waals surface area contributed by atoms with Crippen LogP contribution in [-0.4, -0.2) is 75.0 Å². The Kier molecular flexibility index (Phi) is 11.1. The van der Waals surface area contributed by atoms with E-state index in [1.54, 1.807) is 34.6 Å². The largest absolute Gasteiger partial charge is 0.545 e. The number of carbonyl (C=O) groups excluding carboxylic acids is 4. The molecule has 0 aliphatic carbocycles. The van der Waals surface area contributed by atoms with Gasteiger partial charge in [0, 0.05) is 30.3 Å². The van der Waals surface area contributed by atoms with Crippen LogP contribution in [0.1, 0.15) is 95.3 Å². The summed E-state index contributed by atoms with van der Waals surface area (Å²) in [5, 5.41) is 35.8. The number of amides is 2. The second-order valence-electron chi connectivity index (χ2n) is 12.1. The van der Waals surface area contributed by atoms with E-state index in [9.17, 15) is 52.7 Å². The maximum Gasteiger partial charge on any atom is 0.417 e. The number of nitro benzene ring substituents is 1. The van der Waals surface area contributed by atoms with Crippen LogP contribution >= 0.6 is 0 Å². The van der Waals surface area contributed by atoms with Crippen molar-refractivity contribution >= 4 is 29.6 Å². The van der Waals surface area contributed by atoms with Gasteiger partial charge in [-0.2, -0.15) is 13.2 Å². The molecule has 0 spiro atoms. The first-order valence-corrected chi connectivity index (χ1v) is 14.4. The molecule has 1 aromatic rings. The van der Waals surface area contributed by atoms with Crippen molar-refractivity contribution < 1.29 is 57.0 Å². The molecule has 13 nitrogen and oxygen atoms in total. The van der Waals surface area contributed by atoms with Gasteiger partial charge in [-0.05, 0) is 67.2 Å². The number of ether oxygens (including phenoxy) is 2. The Morgan fingerprint density at radius 1 is 1.02 bits per heavy atom. The summed E-state index contributed by atoms with van der Waals surface area (Å²) in [6.45, 7) is 11.1. The highest BCUT2D eigenvalue weighted by Crippen LogP contribution is 2.48. The molecular formula is C29H38F3N3O10-2. The molecule has 1 fully saturated rings. The Morgan fingerprint density at radius 3 is 1.96 bits per heavy atom. The number of hydrogen-bond donors (Lipinski definition) is 0. The van der Waals surface area contributed by atoms with Crippen molar-refractivity contribution in [2.75, 3.05) is 13.1 Å². The molecule has 2 rings (SSSR count). The number of nitrogens with zero attached hydrogens (tertiary/aromatic N) is 3. The molecule has 2 amide bonds. The van der Waals surface area contributed by atoms with Gasteiger partial charge in [-0.15, -0.1) is 0 Å². The van der Waals surface area contributed by atoms with Gasteiger partial charge in [0.2, 0.25) is 5.75 Å². The van der Waals surface area contributed by atoms with E-state index in [0.29, 0.717) is 19.8 Å². The van der Waals surface area contributed by atoms with Crippen LogP contribution < -0.4 is 14.9 Å². The molecule has 16 heteroatoms. The van der Waals surface area contributed by atoms with Gasteiger partial charge in [-0.3, -0.25) is 14.9 Å². The van der Waals surface area contributed by atoms with Gasteiger partial charge < -0.3 is 39.1 Å². The highest BCUT2D eigenvalue weighted by molar-refractivity contribution is 6.02. The molecule has 0 aromatic heterocycles. The minimum absolute atomic E-state index is 0.0822. The summed E-state index contributed by atoms with van der Waals surface area (Å²) in [5.74, 6) is -7.34. The van der Waals surface area contributed by atoms with Gasteiger partial charge in [0.1, 0.15) is 5.60 Å². The number of hydrogen-bond acceptors (Lipinski definition) is 10. The molecular weight excluding hydrogens is 607 g/mol. The maximum atomic E-state index is 14.9. The molecule has 0 unspecified atom stereocenters. The van der Waals surface area contributed by atoms with Crippen LogP contribution in [0.5, 0.6) is 5.75 Å². The van der Waals surface area contributed by atoms with Gasteiger partial charge >= 0.3 is 18.0 Å². The third-order valence-corrected chi connectivity index (χ3v) is 7.33. The number of carboxylic acids is 2. The van der Waals surface area contributed by atoms with Crippen LogP contribution in [-0.2, 0) is 33.3 Å². The lowest BCUT2D eigenvalue weighted by atomic mass is 9.88. The van der Waals surface area contributed by atoms with E-state index in [1.807, 2.05) is 0 Å². The quantitative estimate of drug-likeness (QED) is 0.208. The summed E-state index contributed by atoms with van der Waals surface area (Å²) in [5.41, 5.74) is -9.87. The Bertz CT molecular complexity index is 1340. The van der Waals surface area contributed by atoms with Crippen LogP contribution in [0.4, 0.5) is 23.7 Å². The zero-order valence-corrected chi connectivity index (χ0v) is 26.5. The van der Waals surface area contributed by atoms with Crippen LogP contribution in [0.15, 0.2) is 0 Å². The number of nitro groups is 1. The Balaban J connectivity index is 2.93. The van der Waals surface area contributed by atoms with Crippen molar-refractivity contribution in [3.63, 3.8) is 0 Å². The Morgan fingerprint density at radius 2 is 1.56 bits per heavy atom. The molecule has 1 saturated heterocycles. The number of benzene rings is 1. The number of halogens is 3. The molecule has 45 heavy (non-hydrogen) atoms. The maximum absolute atomic E-state index is 14.9. The van der Waals surface area contributed by atoms with Crippen LogP contribution in [0, 0.1) is 10.1 Å². The normalized spacial score (nSPS) is 15.9. The van der Waals surface area contributed by atoms with Gasteiger partial charge in [0.05, 0.1) is 34.0 Å². The molecule has 0 N–H and O–H groups in total. The fourth-order valence-corrected chi connectivity index (χ4v) is 5.34. The van der Waals surface area contributed by atoms with Crippen molar-refractivity contribution in [1.29, 1.82) is 0 Å². The molecule has 0 radical (unpaired) electrons. The topological polar surface area (TPSA) is 182 Å². The van der Waals surface area contributed by atoms with E-state index in [1.165, 1.54) is 11.8 Å². The lowest BCUT2D eigenvalue weighted by molar-refractivity contribution is -0.387. The fourth-order valence-electron chi connectivity index (χ4n) is 5.34. The van der Waals surface area contributed by atoms with Crippen LogP contribution in [0.25, 0.3) is 0 Å². The van der Waals surface area contributed by atoms with Gasteiger partial charge in [-0.25, -0.2) is 4.79 Å². The summed E-state index contributed by atoms with van der Waals surface area (Å²) in [6.07, 6.45) is -6.55. The number of alkyl halides is 3. The standard InChI is InChI=1S/C29H40F3N3O10/c1-9-17-19(23(36)34(15(3)4)16-12-11-13-33(14-16)26(41)45-27(5,6)7)20(29(30,31)32)18(10-2)22(21(17)35(42)43)44-28(8,24(37)38)25(39)40/h15-16H,9-14H2,1-8H3,(H,37,38)(H,39,40)/p-2/t16-/m1/s1. The molecule has 252 valence electrons. The third-order valence-electron chi connectivity index (χ3n) is 7.33. The molecule has 0 saturated carbocycles. The van der Waals surface area contributed by atoms with Crippen molar-refractivity contribution in [1.82, 2.24) is 9.80 Å². The summed E-state index contributed by atoms with van der Waals surface area (Å²) >= 11 is 0. The number of aliphatic carboxylic acids is 2. The van der Waals surface area contributed by atoms with Gasteiger partial charge in [-0.1, -0.05) is 13.8 Å². The highest BCUT2D eigenvalue weighted by Gasteiger charge is 2.48. The van der Waals surface area contributed by atoms with Crippen molar-refractivity contribution in [3.05, 3.63) is 32.4 Å². The molecule has 1 aromatic carbocycles. The predicted molar refractivity (Wildman–Crippen MR) is 148 cm³/mol. The van der Waals surface area contributed by atoms with Gasteiger partial charge in [0.15, 0.2) is 5.60 Å². The van der Waals surface area contributed by atoms with E-state index in [0.717, 1.165) is 11.8 Å². The number of rotatable bonds is 10. The Hall–Kier alpha value is -4.11. The Labute approximate surface area is 258 Å². The zero-order chi connectivity index (χ0) is 34.8. The molecule has 1 aliphatic heterocycles. The number of likely N-dealkylation sites (tertiary alicyclic amines) is 1. The third kappa shape index (κ3) is 7.76. The van der Waals surface area contributed by atoms with Crippen molar-refractivity contribution in [2.24, 2.45) is 0 Å². The summed E-state index contributed by atoms with van der Waals surface area (Å²) < 4.78 is 55.3. The second-order valence-corrected chi connectivity index (χ2v) is 12.1. The fraction of sp³-hybridized carbons (Fsp3) is 0.655. The van der Waals surface area contributed by atoms with Crippen molar-refractivity contribution in [2.45, 2.75) is 111 Å². The van der Waals surface area contributed by atoms with E-state index in [4.69, 9.17) is 9.47 Å². The van der Waals surface area contributed by atoms with E-state index < -0.39 is 105 Å². The van der Waals surface area contributed by atoms with E-state index in [2.05, 4.69) is 0 Å². The summed E-state index contributed by atoms with van der Waals surface area (Å²) in [6, 6.07) is -1.55. The molecule has 1 atom stereocenters. The molecule has 0 bridgehead atoms. The number of carbonyl (C=O) groups is 4. The van der Waals surface area contributed by atoms with Crippen LogP contribution in [0.2, 0.25) is 0 Å². The van der Waals surface area contributed by atoms with E-state index in [-0.39, 0.29) is 13.1 Å². The molecule has 1 heterocycles. The molecule has 1 aliphatic rings. The van der Waals surface area contributed by atoms with Crippen LogP contribution in [0.3, 0.4) is 0 Å². The summed E-state index contributed by atoms with van der Waals surface area (Å²) in [4.78, 5) is 64.2. The van der Waals surface area contributed by atoms with Crippen molar-refractivity contribution in [3.8, 4) is 5.75 Å². The smallest absolute Gasteiger partial charge is 0.417 e. The minimum atomic E-state index is -5.34. The number of carboxylic acid groups (broad SMARTS) is 2. The number of piperidine rings is 1. The first-order chi connectivity index (χ1) is 20.5. The van der Waals surface area contributed by atoms with Gasteiger partial charge in [0.25, 0.3) is 5.91 Å². The minimum Gasteiger partial charge on any atom is -0.545 e. The second kappa shape index (κ2) is 13.5. The SMILES string of the molecule is CCc1c(C(=O)N(C(C)C)[C@@H]2CCCN(C(=O)OC(C)(C)C)C2)c(C(F)(F)F)c(CC)c(OC(C)(C(=O)[O-])C(=O)[O-])c1[N+](=O)[O-]. The summed E-state index contributed by atoms with van der Waals surface area (Å²) in [7, 11) is 0. The lowest BCUT2D eigenvalue weighted by Gasteiger charge is -2.42. The predicted octanol–water partition coefficient (Wildman–Crippen LogP) is 2.63. The lowest BCUT2D eigenvalue weighted by Crippen LogP contribution is -2.61. The average Bonchev–Trinajstić information content (AvgIpc) is 2.89. The highest BCUT2D eigenvalue weighted by atomic mass is 19.4. The monoisotopic (exact) mass is 645 g/mol. The average molecular weight is 646 g/mol. The zero-order valence-electron chi connectivity index (χ0n) is 26.5. The first-order valence-electron chi connectivity index (χ1n) is 14.4. The van der Waals surface area contributed by atoms with E-state index >= 15 is 0 Å². The first kappa shape index (κ1) is 37.1.